The Morgan fingerprint density at radius 1 is 1.19 bits per heavy atom. The number of rotatable bonds is 3. The highest BCUT2D eigenvalue weighted by molar-refractivity contribution is 9.10. The van der Waals surface area contributed by atoms with Crippen LogP contribution in [0.15, 0.2) is 41.1 Å². The minimum Gasteiger partial charge on any atom is -0.365 e. The molecule has 1 aliphatic rings. The highest BCUT2D eigenvalue weighted by atomic mass is 79.9. The average molecular weight is 438 g/mol. The van der Waals surface area contributed by atoms with Crippen LogP contribution in [-0.2, 0) is 4.79 Å². The highest BCUT2D eigenvalue weighted by Crippen LogP contribution is 2.35. The number of nitrogens with zero attached hydrogens (tertiary/aromatic N) is 3. The molecular formula is C18H18BrClN4O2. The van der Waals surface area contributed by atoms with Crippen molar-refractivity contribution in [2.75, 3.05) is 36.4 Å². The molecule has 0 atom stereocenters. The number of para-hydroxylation sites is 1. The zero-order chi connectivity index (χ0) is 18.7. The van der Waals surface area contributed by atoms with Crippen LogP contribution < -0.4 is 10.2 Å². The largest absolute Gasteiger partial charge is 0.365 e. The van der Waals surface area contributed by atoms with Crippen LogP contribution >= 0.6 is 27.5 Å². The molecule has 2 aromatic rings. The summed E-state index contributed by atoms with van der Waals surface area (Å²) < 4.78 is 0.733. The maximum absolute atomic E-state index is 12.6. The maximum atomic E-state index is 12.6. The molecule has 0 aliphatic carbocycles. The molecule has 6 nitrogen and oxygen atoms in total. The normalized spacial score (nSPS) is 14.3. The Kier molecular flexibility index (Phi) is 5.78. The van der Waals surface area contributed by atoms with E-state index in [2.05, 4.69) is 31.1 Å². The fourth-order valence-corrected chi connectivity index (χ4v) is 3.57. The molecule has 0 spiro atoms. The van der Waals surface area contributed by atoms with Crippen molar-refractivity contribution in [2.45, 2.75) is 6.92 Å². The zero-order valence-electron chi connectivity index (χ0n) is 14.2. The van der Waals surface area contributed by atoms with Crippen LogP contribution in [0.2, 0.25) is 5.02 Å². The summed E-state index contributed by atoms with van der Waals surface area (Å²) in [4.78, 5) is 32.0. The van der Waals surface area contributed by atoms with E-state index < -0.39 is 0 Å². The average Bonchev–Trinajstić information content (AvgIpc) is 2.62. The Hall–Kier alpha value is -2.12. The third-order valence-corrected chi connectivity index (χ3v) is 4.98. The number of halogens is 2. The first-order valence-corrected chi connectivity index (χ1v) is 9.33. The Balaban J connectivity index is 1.82. The van der Waals surface area contributed by atoms with Crippen LogP contribution in [0, 0.1) is 0 Å². The molecule has 1 aromatic heterocycles. The van der Waals surface area contributed by atoms with E-state index in [1.54, 1.807) is 36.2 Å². The van der Waals surface area contributed by atoms with E-state index in [0.717, 1.165) is 10.2 Å². The van der Waals surface area contributed by atoms with E-state index >= 15 is 0 Å². The standard InChI is InChI=1S/C18H18BrClN4O2/c1-12(25)23-5-7-24(8-6-23)17-15(20)3-2-4-16(17)22-18(26)13-9-14(19)11-21-10-13/h2-4,9-11H,5-8H2,1H3,(H,22,26). The van der Waals surface area contributed by atoms with E-state index in [9.17, 15) is 9.59 Å². The lowest BCUT2D eigenvalue weighted by Gasteiger charge is -2.37. The van der Waals surface area contributed by atoms with Gasteiger partial charge in [0.05, 0.1) is 22.0 Å². The van der Waals surface area contributed by atoms with Crippen LogP contribution in [0.3, 0.4) is 0 Å². The number of nitrogens with one attached hydrogen (secondary N) is 1. The van der Waals surface area contributed by atoms with E-state index in [1.165, 1.54) is 6.20 Å². The van der Waals surface area contributed by atoms with E-state index in [-0.39, 0.29) is 11.8 Å². The first-order chi connectivity index (χ1) is 12.5. The summed E-state index contributed by atoms with van der Waals surface area (Å²) in [5, 5.41) is 3.48. The van der Waals surface area contributed by atoms with Gasteiger partial charge in [-0.05, 0) is 34.1 Å². The number of hydrogen-bond donors (Lipinski definition) is 1. The van der Waals surface area contributed by atoms with Crippen molar-refractivity contribution in [3.8, 4) is 0 Å². The van der Waals surface area contributed by atoms with Gasteiger partial charge >= 0.3 is 0 Å². The summed E-state index contributed by atoms with van der Waals surface area (Å²) in [5.74, 6) is -0.191. The van der Waals surface area contributed by atoms with Gasteiger partial charge in [-0.15, -0.1) is 0 Å². The van der Waals surface area contributed by atoms with E-state index in [1.807, 2.05) is 6.07 Å². The number of aromatic nitrogens is 1. The first kappa shape index (κ1) is 18.7. The number of hydrogen-bond acceptors (Lipinski definition) is 4. The SMILES string of the molecule is CC(=O)N1CCN(c2c(Cl)cccc2NC(=O)c2cncc(Br)c2)CC1. The number of pyridine rings is 1. The number of amides is 2. The fraction of sp³-hybridized carbons (Fsp3) is 0.278. The smallest absolute Gasteiger partial charge is 0.257 e. The van der Waals surface area contributed by atoms with Crippen LogP contribution in [0.5, 0.6) is 0 Å². The molecule has 1 N–H and O–H groups in total. The van der Waals surface area contributed by atoms with Gasteiger partial charge in [-0.3, -0.25) is 14.6 Å². The van der Waals surface area contributed by atoms with E-state index in [0.29, 0.717) is 42.5 Å². The molecule has 1 aromatic carbocycles. The predicted octanol–water partition coefficient (Wildman–Crippen LogP) is 3.42. The Morgan fingerprint density at radius 2 is 1.92 bits per heavy atom. The molecule has 0 bridgehead atoms. The van der Waals surface area contributed by atoms with Gasteiger partial charge in [0.1, 0.15) is 0 Å². The minimum atomic E-state index is -0.260. The second-order valence-corrected chi connectivity index (χ2v) is 7.30. The second-order valence-electron chi connectivity index (χ2n) is 5.98. The van der Waals surface area contributed by atoms with Gasteiger partial charge in [0.25, 0.3) is 5.91 Å². The summed E-state index contributed by atoms with van der Waals surface area (Å²) in [7, 11) is 0. The molecule has 1 fully saturated rings. The number of carbonyl (C=O) groups excluding carboxylic acids is 2. The summed E-state index contributed by atoms with van der Waals surface area (Å²) in [6.45, 7) is 4.14. The van der Waals surface area contributed by atoms with Crippen molar-refractivity contribution >= 4 is 50.7 Å². The van der Waals surface area contributed by atoms with Gasteiger partial charge in [-0.1, -0.05) is 17.7 Å². The topological polar surface area (TPSA) is 65.5 Å². The third kappa shape index (κ3) is 4.16. The number of anilines is 2. The minimum absolute atomic E-state index is 0.0690. The van der Waals surface area contributed by atoms with Crippen LogP contribution in [0.1, 0.15) is 17.3 Å². The molecule has 8 heteroatoms. The van der Waals surface area contributed by atoms with Crippen LogP contribution in [-0.4, -0.2) is 47.9 Å². The predicted molar refractivity (Wildman–Crippen MR) is 106 cm³/mol. The zero-order valence-corrected chi connectivity index (χ0v) is 16.5. The fourth-order valence-electron chi connectivity index (χ4n) is 2.91. The van der Waals surface area contributed by atoms with Gasteiger partial charge < -0.3 is 15.1 Å². The van der Waals surface area contributed by atoms with Gasteiger partial charge in [-0.2, -0.15) is 0 Å². The Bertz CT molecular complexity index is 838. The third-order valence-electron chi connectivity index (χ3n) is 4.24. The number of benzene rings is 1. The molecule has 0 saturated carbocycles. The Labute approximate surface area is 165 Å². The molecule has 136 valence electrons. The van der Waals surface area contributed by atoms with Crippen molar-refractivity contribution in [2.24, 2.45) is 0 Å². The quantitative estimate of drug-likeness (QED) is 0.799. The molecule has 2 amide bonds. The van der Waals surface area contributed by atoms with Crippen molar-refractivity contribution in [3.05, 3.63) is 51.7 Å². The van der Waals surface area contributed by atoms with Crippen LogP contribution in [0.4, 0.5) is 11.4 Å². The summed E-state index contributed by atoms with van der Waals surface area (Å²) in [5.41, 5.74) is 1.86. The van der Waals surface area contributed by atoms with Gasteiger partial charge in [-0.25, -0.2) is 0 Å². The second kappa shape index (κ2) is 8.05. The van der Waals surface area contributed by atoms with Crippen molar-refractivity contribution in [1.82, 2.24) is 9.88 Å². The highest BCUT2D eigenvalue weighted by Gasteiger charge is 2.23. The summed E-state index contributed by atoms with van der Waals surface area (Å²) >= 11 is 9.74. The van der Waals surface area contributed by atoms with E-state index in [4.69, 9.17) is 11.6 Å². The van der Waals surface area contributed by atoms with Crippen molar-refractivity contribution in [1.29, 1.82) is 0 Å². The summed E-state index contributed by atoms with van der Waals surface area (Å²) in [6.07, 6.45) is 3.13. The maximum Gasteiger partial charge on any atom is 0.257 e. The molecule has 0 unspecified atom stereocenters. The molecule has 0 radical (unpaired) electrons. The summed E-state index contributed by atoms with van der Waals surface area (Å²) in [6, 6.07) is 7.12. The molecular weight excluding hydrogens is 420 g/mol. The first-order valence-electron chi connectivity index (χ1n) is 8.16. The van der Waals surface area contributed by atoms with Gasteiger partial charge in [0, 0.05) is 50.0 Å². The lowest BCUT2D eigenvalue weighted by molar-refractivity contribution is -0.129. The number of piperazine rings is 1. The molecule has 1 saturated heterocycles. The van der Waals surface area contributed by atoms with Crippen molar-refractivity contribution in [3.63, 3.8) is 0 Å². The van der Waals surface area contributed by atoms with Gasteiger partial charge in [0.15, 0.2) is 0 Å². The Morgan fingerprint density at radius 3 is 2.58 bits per heavy atom. The van der Waals surface area contributed by atoms with Crippen LogP contribution in [0.25, 0.3) is 0 Å². The lowest BCUT2D eigenvalue weighted by Crippen LogP contribution is -2.48. The number of carbonyl (C=O) groups is 2. The van der Waals surface area contributed by atoms with Gasteiger partial charge in [0.2, 0.25) is 5.91 Å². The molecule has 2 heterocycles. The lowest BCUT2D eigenvalue weighted by atomic mass is 10.2. The molecule has 26 heavy (non-hydrogen) atoms. The molecule has 1 aliphatic heterocycles. The monoisotopic (exact) mass is 436 g/mol. The van der Waals surface area contributed by atoms with Crippen molar-refractivity contribution < 1.29 is 9.59 Å². The molecule has 3 rings (SSSR count).